The van der Waals surface area contributed by atoms with Crippen LogP contribution in [0.25, 0.3) is 0 Å². The van der Waals surface area contributed by atoms with Gasteiger partial charge in [-0.1, -0.05) is 0 Å². The summed E-state index contributed by atoms with van der Waals surface area (Å²) in [4.78, 5) is 26.5. The van der Waals surface area contributed by atoms with Gasteiger partial charge in [-0.3, -0.25) is 9.36 Å². The van der Waals surface area contributed by atoms with Crippen LogP contribution in [0.4, 0.5) is 0 Å². The molecule has 0 aromatic rings. The van der Waals surface area contributed by atoms with Crippen LogP contribution in [0.3, 0.4) is 0 Å². The topological polar surface area (TPSA) is 94.8 Å². The fourth-order valence-corrected chi connectivity index (χ4v) is 1.00. The first kappa shape index (κ1) is 10.6. The Morgan fingerprint density at radius 3 is 2.36 bits per heavy atom. The third kappa shape index (κ3) is 9.62. The summed E-state index contributed by atoms with van der Waals surface area (Å²) in [5.74, 6) is -0.966. The Morgan fingerprint density at radius 2 is 2.00 bits per heavy atom. The van der Waals surface area contributed by atoms with E-state index in [1.165, 1.54) is 6.42 Å². The second-order valence-corrected chi connectivity index (χ2v) is 3.76. The minimum Gasteiger partial charge on any atom is -0.481 e. The van der Waals surface area contributed by atoms with E-state index in [1.807, 2.05) is 0 Å². The molecule has 0 fully saturated rings. The van der Waals surface area contributed by atoms with E-state index in [2.05, 4.69) is 0 Å². The van der Waals surface area contributed by atoms with Crippen molar-refractivity contribution in [2.75, 3.05) is 6.16 Å². The second kappa shape index (κ2) is 4.49. The number of carboxylic acid groups (broad SMARTS) is 1. The van der Waals surface area contributed by atoms with Gasteiger partial charge in [-0.25, -0.2) is 0 Å². The average molecular weight is 181 g/mol. The van der Waals surface area contributed by atoms with Crippen LogP contribution < -0.4 is 0 Å². The molecular weight excluding hydrogens is 171 g/mol. The Balaban J connectivity index is 3.29. The van der Waals surface area contributed by atoms with Gasteiger partial charge in [-0.15, -0.1) is 0 Å². The lowest BCUT2D eigenvalue weighted by Gasteiger charge is -2.00. The van der Waals surface area contributed by atoms with E-state index in [0.717, 1.165) is 0 Å². The maximum absolute atomic E-state index is 10.2. The van der Waals surface area contributed by atoms with Crippen LogP contribution >= 0.6 is 7.60 Å². The van der Waals surface area contributed by atoms with E-state index in [1.54, 1.807) is 0 Å². The molecule has 0 aliphatic heterocycles. The molecule has 0 amide bonds. The van der Waals surface area contributed by atoms with E-state index in [4.69, 9.17) is 14.9 Å². The summed E-state index contributed by atoms with van der Waals surface area (Å²) >= 11 is 0. The molecule has 0 atom stereocenters. The Hall–Kier alpha value is -0.380. The highest BCUT2D eigenvalue weighted by Gasteiger charge is 2.11. The van der Waals surface area contributed by atoms with Gasteiger partial charge in [0.1, 0.15) is 0 Å². The number of carbonyl (C=O) groups is 1. The van der Waals surface area contributed by atoms with Crippen molar-refractivity contribution < 1.29 is 24.3 Å². The molecule has 1 radical (unpaired) electrons. The molecule has 0 aromatic carbocycles. The fraction of sp³-hybridized carbons (Fsp3) is 0.600. The zero-order valence-corrected chi connectivity index (χ0v) is 6.70. The largest absolute Gasteiger partial charge is 0.481 e. The molecule has 11 heavy (non-hydrogen) atoms. The molecule has 65 valence electrons. The average Bonchev–Trinajstić information content (AvgIpc) is 1.78. The van der Waals surface area contributed by atoms with Crippen molar-refractivity contribution in [1.29, 1.82) is 0 Å². The summed E-state index contributed by atoms with van der Waals surface area (Å²) < 4.78 is 10.2. The van der Waals surface area contributed by atoms with Gasteiger partial charge in [-0.05, 0) is 12.8 Å². The predicted molar refractivity (Wildman–Crippen MR) is 38.1 cm³/mol. The maximum Gasteiger partial charge on any atom is 0.325 e. The molecule has 0 aromatic heterocycles. The monoisotopic (exact) mass is 181 g/mol. The Labute approximate surface area is 64.2 Å². The lowest BCUT2D eigenvalue weighted by molar-refractivity contribution is -0.136. The van der Waals surface area contributed by atoms with E-state index >= 15 is 0 Å². The number of aliphatic carboxylic acids is 1. The van der Waals surface area contributed by atoms with Crippen molar-refractivity contribution in [3.8, 4) is 0 Å². The van der Waals surface area contributed by atoms with Crippen molar-refractivity contribution in [3.05, 3.63) is 6.42 Å². The first-order valence-electron chi connectivity index (χ1n) is 3.00. The van der Waals surface area contributed by atoms with Gasteiger partial charge in [0.15, 0.2) is 0 Å². The Morgan fingerprint density at radius 1 is 1.45 bits per heavy atom. The van der Waals surface area contributed by atoms with E-state index in [-0.39, 0.29) is 19.0 Å². The summed E-state index contributed by atoms with van der Waals surface area (Å²) in [5.41, 5.74) is 0. The quantitative estimate of drug-likeness (QED) is 0.417. The summed E-state index contributed by atoms with van der Waals surface area (Å²) in [6.45, 7) is 0. The van der Waals surface area contributed by atoms with Gasteiger partial charge >= 0.3 is 13.6 Å². The molecule has 0 aliphatic rings. The maximum atomic E-state index is 10.2. The molecule has 0 saturated heterocycles. The van der Waals surface area contributed by atoms with E-state index < -0.39 is 13.6 Å². The molecule has 3 N–H and O–H groups in total. The molecule has 0 rings (SSSR count). The SMILES string of the molecule is O=C(O)CC[CH]CP(=O)(O)O. The van der Waals surface area contributed by atoms with Crippen molar-refractivity contribution in [2.45, 2.75) is 12.8 Å². The third-order valence-corrected chi connectivity index (χ3v) is 1.66. The fourth-order valence-electron chi connectivity index (χ4n) is 0.485. The summed E-state index contributed by atoms with van der Waals surface area (Å²) in [6, 6.07) is 0. The molecule has 0 spiro atoms. The summed E-state index contributed by atoms with van der Waals surface area (Å²) in [7, 11) is -3.97. The molecule has 0 saturated carbocycles. The van der Waals surface area contributed by atoms with Crippen LogP contribution in [-0.4, -0.2) is 27.0 Å². The van der Waals surface area contributed by atoms with Gasteiger partial charge in [0.05, 0.1) is 6.16 Å². The summed E-state index contributed by atoms with van der Waals surface area (Å²) in [6.07, 6.45) is 1.05. The molecular formula is C5H10O5P. The Kier molecular flexibility index (Phi) is 4.33. The highest BCUT2D eigenvalue weighted by molar-refractivity contribution is 7.51. The molecule has 0 aliphatic carbocycles. The highest BCUT2D eigenvalue weighted by Crippen LogP contribution is 2.34. The number of rotatable bonds is 5. The van der Waals surface area contributed by atoms with Crippen molar-refractivity contribution >= 4 is 13.6 Å². The van der Waals surface area contributed by atoms with Gasteiger partial charge in [-0.2, -0.15) is 0 Å². The van der Waals surface area contributed by atoms with Crippen LogP contribution in [0.1, 0.15) is 12.8 Å². The number of carboxylic acids is 1. The van der Waals surface area contributed by atoms with Gasteiger partial charge < -0.3 is 14.9 Å². The van der Waals surface area contributed by atoms with Crippen LogP contribution in [0.5, 0.6) is 0 Å². The minimum absolute atomic E-state index is 0.0833. The third-order valence-electron chi connectivity index (χ3n) is 0.929. The first-order valence-corrected chi connectivity index (χ1v) is 4.79. The van der Waals surface area contributed by atoms with Gasteiger partial charge in [0.25, 0.3) is 0 Å². The van der Waals surface area contributed by atoms with Crippen LogP contribution in [0.15, 0.2) is 0 Å². The Bertz CT molecular complexity index is 172. The van der Waals surface area contributed by atoms with E-state index in [9.17, 15) is 9.36 Å². The molecule has 6 heteroatoms. The number of hydrogen-bond acceptors (Lipinski definition) is 2. The molecule has 5 nitrogen and oxygen atoms in total. The summed E-state index contributed by atoms with van der Waals surface area (Å²) in [5, 5.41) is 8.13. The first-order chi connectivity index (χ1) is 4.92. The lowest BCUT2D eigenvalue weighted by atomic mass is 10.3. The van der Waals surface area contributed by atoms with Crippen molar-refractivity contribution in [2.24, 2.45) is 0 Å². The van der Waals surface area contributed by atoms with Crippen molar-refractivity contribution in [1.82, 2.24) is 0 Å². The molecule has 0 unspecified atom stereocenters. The van der Waals surface area contributed by atoms with Crippen LogP contribution in [0.2, 0.25) is 0 Å². The van der Waals surface area contributed by atoms with Gasteiger partial charge in [0, 0.05) is 6.42 Å². The zero-order valence-electron chi connectivity index (χ0n) is 5.80. The minimum atomic E-state index is -3.97. The lowest BCUT2D eigenvalue weighted by Crippen LogP contribution is -1.96. The number of hydrogen-bond donors (Lipinski definition) is 3. The standard InChI is InChI=1S/C5H10O5P/c6-5(7)3-1-2-4-11(8,9)10/h2H,1,3-4H2,(H,6,7)(H2,8,9,10). The smallest absolute Gasteiger partial charge is 0.325 e. The second-order valence-electron chi connectivity index (χ2n) is 2.07. The van der Waals surface area contributed by atoms with Crippen molar-refractivity contribution in [3.63, 3.8) is 0 Å². The highest BCUT2D eigenvalue weighted by atomic mass is 31.2. The molecule has 0 bridgehead atoms. The van der Waals surface area contributed by atoms with Crippen LogP contribution in [0, 0.1) is 6.42 Å². The zero-order chi connectivity index (χ0) is 8.91. The van der Waals surface area contributed by atoms with Crippen LogP contribution in [-0.2, 0) is 9.36 Å². The van der Waals surface area contributed by atoms with Gasteiger partial charge in [0.2, 0.25) is 0 Å². The predicted octanol–water partition coefficient (Wildman–Crippen LogP) is 0.233. The molecule has 0 heterocycles. The number of unbranched alkanes of at least 4 members (excludes halogenated alkanes) is 1. The normalized spacial score (nSPS) is 11.5. The van der Waals surface area contributed by atoms with E-state index in [0.29, 0.717) is 0 Å².